The van der Waals surface area contributed by atoms with E-state index in [0.29, 0.717) is 12.8 Å². The summed E-state index contributed by atoms with van der Waals surface area (Å²) in [6, 6.07) is 7.29. The fourth-order valence-corrected chi connectivity index (χ4v) is 3.53. The first-order valence-electron chi connectivity index (χ1n) is 8.46. The average molecular weight is 348 g/mol. The molecule has 0 bridgehead atoms. The third kappa shape index (κ3) is 5.60. The summed E-state index contributed by atoms with van der Waals surface area (Å²) in [5.74, 6) is -1.13. The smallest absolute Gasteiger partial charge is 0.326 e. The van der Waals surface area contributed by atoms with E-state index in [-0.39, 0.29) is 5.91 Å². The molecular weight excluding hydrogens is 324 g/mol. The zero-order chi connectivity index (χ0) is 17.4. The van der Waals surface area contributed by atoms with Crippen molar-refractivity contribution in [1.82, 2.24) is 10.3 Å². The Kier molecular flexibility index (Phi) is 7.18. The van der Waals surface area contributed by atoms with Crippen LogP contribution in [0.2, 0.25) is 0 Å². The summed E-state index contributed by atoms with van der Waals surface area (Å²) in [7, 11) is 0. The maximum absolute atomic E-state index is 11.9. The molecule has 5 nitrogen and oxygen atoms in total. The van der Waals surface area contributed by atoms with Crippen LogP contribution in [0, 0.1) is 0 Å². The molecule has 0 radical (unpaired) electrons. The molecule has 0 aliphatic heterocycles. The van der Waals surface area contributed by atoms with E-state index in [4.69, 9.17) is 5.11 Å². The first-order chi connectivity index (χ1) is 11.6. The van der Waals surface area contributed by atoms with Crippen LogP contribution in [0.4, 0.5) is 0 Å². The predicted molar refractivity (Wildman–Crippen MR) is 96.3 cm³/mol. The molecule has 0 saturated carbocycles. The van der Waals surface area contributed by atoms with Crippen molar-refractivity contribution in [2.75, 3.05) is 0 Å². The third-order valence-corrected chi connectivity index (χ3v) is 4.96. The first-order valence-corrected chi connectivity index (χ1v) is 9.28. The van der Waals surface area contributed by atoms with Gasteiger partial charge in [0.25, 0.3) is 0 Å². The van der Waals surface area contributed by atoms with Crippen molar-refractivity contribution in [1.29, 1.82) is 0 Å². The number of unbranched alkanes of at least 4 members (excludes halogenated alkanes) is 2. The number of nitrogens with zero attached hydrogens (tertiary/aromatic N) is 1. The van der Waals surface area contributed by atoms with E-state index in [1.807, 2.05) is 25.1 Å². The second kappa shape index (κ2) is 9.37. The van der Waals surface area contributed by atoms with Gasteiger partial charge >= 0.3 is 5.97 Å². The van der Waals surface area contributed by atoms with Crippen LogP contribution in [0.15, 0.2) is 24.3 Å². The van der Waals surface area contributed by atoms with Crippen molar-refractivity contribution in [2.45, 2.75) is 57.9 Å². The van der Waals surface area contributed by atoms with Crippen molar-refractivity contribution >= 4 is 33.4 Å². The number of carboxylic acids is 1. The number of benzene rings is 1. The van der Waals surface area contributed by atoms with Gasteiger partial charge < -0.3 is 10.4 Å². The largest absolute Gasteiger partial charge is 0.480 e. The lowest BCUT2D eigenvalue weighted by molar-refractivity contribution is -0.142. The summed E-state index contributed by atoms with van der Waals surface area (Å²) < 4.78 is 1.19. The summed E-state index contributed by atoms with van der Waals surface area (Å²) in [6.45, 7) is 2.00. The van der Waals surface area contributed by atoms with E-state index in [9.17, 15) is 9.59 Å². The number of amides is 1. The molecule has 0 fully saturated rings. The second-order valence-corrected chi connectivity index (χ2v) is 7.00. The highest BCUT2D eigenvalue weighted by Gasteiger charge is 2.18. The van der Waals surface area contributed by atoms with Gasteiger partial charge in [-0.25, -0.2) is 9.78 Å². The molecule has 1 heterocycles. The number of carbonyl (C=O) groups excluding carboxylic acids is 1. The molecule has 2 rings (SSSR count). The minimum Gasteiger partial charge on any atom is -0.480 e. The van der Waals surface area contributed by atoms with Gasteiger partial charge in [-0.3, -0.25) is 4.79 Å². The molecule has 0 spiro atoms. The molecule has 2 aromatic rings. The number of thiazole rings is 1. The van der Waals surface area contributed by atoms with Gasteiger partial charge in [0.05, 0.1) is 15.2 Å². The Balaban J connectivity index is 1.71. The summed E-state index contributed by atoms with van der Waals surface area (Å²) >= 11 is 1.69. The zero-order valence-electron chi connectivity index (χ0n) is 14.0. The monoisotopic (exact) mass is 348 g/mol. The predicted octanol–water partition coefficient (Wildman–Crippen LogP) is 3.77. The van der Waals surface area contributed by atoms with Gasteiger partial charge in [0.15, 0.2) is 0 Å². The minimum atomic E-state index is -0.953. The highest BCUT2D eigenvalue weighted by Crippen LogP contribution is 2.22. The highest BCUT2D eigenvalue weighted by atomic mass is 32.1. The van der Waals surface area contributed by atoms with Crippen LogP contribution >= 0.6 is 11.3 Å². The van der Waals surface area contributed by atoms with Gasteiger partial charge in [0, 0.05) is 6.42 Å². The second-order valence-electron chi connectivity index (χ2n) is 5.88. The maximum atomic E-state index is 11.9. The fraction of sp³-hybridized carbons (Fsp3) is 0.500. The van der Waals surface area contributed by atoms with Crippen molar-refractivity contribution in [2.24, 2.45) is 0 Å². The quantitative estimate of drug-likeness (QED) is 0.641. The molecule has 24 heavy (non-hydrogen) atoms. The van der Waals surface area contributed by atoms with Crippen molar-refractivity contribution < 1.29 is 14.7 Å². The lowest BCUT2D eigenvalue weighted by Gasteiger charge is -2.13. The Bertz CT molecular complexity index is 651. The molecule has 0 unspecified atom stereocenters. The number of hydrogen-bond donors (Lipinski definition) is 2. The molecule has 130 valence electrons. The van der Waals surface area contributed by atoms with Gasteiger partial charge in [-0.05, 0) is 37.8 Å². The van der Waals surface area contributed by atoms with E-state index >= 15 is 0 Å². The van der Waals surface area contributed by atoms with Crippen molar-refractivity contribution in [3.63, 3.8) is 0 Å². The van der Waals surface area contributed by atoms with Gasteiger partial charge in [0.1, 0.15) is 6.04 Å². The molecule has 6 heteroatoms. The number of rotatable bonds is 10. The number of carbonyl (C=O) groups is 2. The molecule has 1 atom stereocenters. The van der Waals surface area contributed by atoms with Crippen LogP contribution in [-0.2, 0) is 16.0 Å². The standard InChI is InChI=1S/C18H24N2O3S/c1-2-3-8-14(18(22)23)19-16(21)11-6-7-12-17-20-13-9-4-5-10-15(13)24-17/h4-5,9-10,14H,2-3,6-8,11-12H2,1H3,(H,19,21)(H,22,23)/t14-/m0/s1. The first kappa shape index (κ1) is 18.4. The van der Waals surface area contributed by atoms with Crippen LogP contribution in [0.25, 0.3) is 10.2 Å². The van der Waals surface area contributed by atoms with Gasteiger partial charge in [-0.2, -0.15) is 0 Å². The van der Waals surface area contributed by atoms with Gasteiger partial charge in [0.2, 0.25) is 5.91 Å². The van der Waals surface area contributed by atoms with Crippen molar-refractivity contribution in [3.8, 4) is 0 Å². The van der Waals surface area contributed by atoms with Gasteiger partial charge in [-0.1, -0.05) is 31.9 Å². The number of para-hydroxylation sites is 1. The topological polar surface area (TPSA) is 79.3 Å². The average Bonchev–Trinajstić information content (AvgIpc) is 2.98. The number of hydrogen-bond acceptors (Lipinski definition) is 4. The van der Waals surface area contributed by atoms with Gasteiger partial charge in [-0.15, -0.1) is 11.3 Å². The molecule has 0 aliphatic rings. The van der Waals surface area contributed by atoms with Crippen molar-refractivity contribution in [3.05, 3.63) is 29.3 Å². The number of aromatic nitrogens is 1. The lowest BCUT2D eigenvalue weighted by Crippen LogP contribution is -2.40. The van der Waals surface area contributed by atoms with E-state index in [1.165, 1.54) is 4.70 Å². The van der Waals surface area contributed by atoms with Crippen LogP contribution in [0.5, 0.6) is 0 Å². The van der Waals surface area contributed by atoms with E-state index in [2.05, 4.69) is 16.4 Å². The minimum absolute atomic E-state index is 0.178. The third-order valence-electron chi connectivity index (χ3n) is 3.86. The van der Waals surface area contributed by atoms with Crippen LogP contribution in [0.3, 0.4) is 0 Å². The Labute approximate surface area is 146 Å². The Morgan fingerprint density at radius 2 is 2.04 bits per heavy atom. The number of aryl methyl sites for hydroxylation is 1. The summed E-state index contributed by atoms with van der Waals surface area (Å²) in [4.78, 5) is 27.6. The van der Waals surface area contributed by atoms with E-state index in [1.54, 1.807) is 11.3 Å². The lowest BCUT2D eigenvalue weighted by atomic mass is 10.1. The Morgan fingerprint density at radius 1 is 1.25 bits per heavy atom. The molecule has 1 aromatic heterocycles. The molecule has 0 saturated heterocycles. The SMILES string of the molecule is CCCC[C@H](NC(=O)CCCCc1nc2ccccc2s1)C(=O)O. The molecular formula is C18H24N2O3S. The number of aliphatic carboxylic acids is 1. The normalized spacial score (nSPS) is 12.2. The molecule has 2 N–H and O–H groups in total. The van der Waals surface area contributed by atoms with Crippen LogP contribution < -0.4 is 5.32 Å². The maximum Gasteiger partial charge on any atom is 0.326 e. The summed E-state index contributed by atoms with van der Waals surface area (Å²) in [5.41, 5.74) is 1.02. The highest BCUT2D eigenvalue weighted by molar-refractivity contribution is 7.18. The fourth-order valence-electron chi connectivity index (χ4n) is 2.52. The molecule has 0 aliphatic carbocycles. The summed E-state index contributed by atoms with van der Waals surface area (Å²) in [6.07, 6.45) is 5.04. The van der Waals surface area contributed by atoms with Crippen LogP contribution in [-0.4, -0.2) is 28.0 Å². The van der Waals surface area contributed by atoms with E-state index < -0.39 is 12.0 Å². The molecule has 1 amide bonds. The Hall–Kier alpha value is -1.95. The zero-order valence-corrected chi connectivity index (χ0v) is 14.8. The van der Waals surface area contributed by atoms with Crippen LogP contribution in [0.1, 0.15) is 50.5 Å². The van der Waals surface area contributed by atoms with E-state index in [0.717, 1.165) is 42.6 Å². The number of fused-ring (bicyclic) bond motifs is 1. The summed E-state index contributed by atoms with van der Waals surface area (Å²) in [5, 5.41) is 12.8. The molecule has 1 aromatic carbocycles. The number of nitrogens with one attached hydrogen (secondary N) is 1. The Morgan fingerprint density at radius 3 is 2.75 bits per heavy atom. The number of carboxylic acid groups (broad SMARTS) is 1.